The highest BCUT2D eigenvalue weighted by Gasteiger charge is 2.39. The molecule has 2 atom stereocenters. The molecule has 1 aromatic rings. The summed E-state index contributed by atoms with van der Waals surface area (Å²) in [5.74, 6) is 1.75. The van der Waals surface area contributed by atoms with Gasteiger partial charge in [-0.3, -0.25) is 4.90 Å². The van der Waals surface area contributed by atoms with E-state index in [1.54, 1.807) is 0 Å². The molecule has 1 aliphatic rings. The van der Waals surface area contributed by atoms with Gasteiger partial charge in [0.1, 0.15) is 5.76 Å². The van der Waals surface area contributed by atoms with Crippen molar-refractivity contribution in [2.24, 2.45) is 0 Å². The predicted octanol–water partition coefficient (Wildman–Crippen LogP) is 3.29. The van der Waals surface area contributed by atoms with E-state index in [1.165, 1.54) is 0 Å². The van der Waals surface area contributed by atoms with Gasteiger partial charge in [0.2, 0.25) is 5.89 Å². The molecule has 1 aromatic heterocycles. The third kappa shape index (κ3) is 2.91. The van der Waals surface area contributed by atoms with Crippen molar-refractivity contribution in [2.75, 3.05) is 13.1 Å². The summed E-state index contributed by atoms with van der Waals surface area (Å²) in [5.41, 5.74) is 0.238. The molecule has 1 N–H and O–H groups in total. The fourth-order valence-electron chi connectivity index (χ4n) is 3.25. The molecule has 2 rings (SSSR count). The zero-order valence-electron chi connectivity index (χ0n) is 13.6. The quantitative estimate of drug-likeness (QED) is 0.898. The monoisotopic (exact) mass is 279 g/mol. The highest BCUT2D eigenvalue weighted by molar-refractivity contribution is 5.02. The Hall–Kier alpha value is -0.870. The second kappa shape index (κ2) is 6.27. The summed E-state index contributed by atoms with van der Waals surface area (Å²) in [7, 11) is 0. The Labute approximate surface area is 122 Å². The van der Waals surface area contributed by atoms with Crippen LogP contribution in [-0.2, 0) is 0 Å². The van der Waals surface area contributed by atoms with Crippen LogP contribution in [0.2, 0.25) is 0 Å². The number of aryl methyl sites for hydroxylation is 1. The number of hydrogen-bond acceptors (Lipinski definition) is 4. The van der Waals surface area contributed by atoms with E-state index in [0.29, 0.717) is 6.04 Å². The van der Waals surface area contributed by atoms with Gasteiger partial charge in [-0.05, 0) is 33.1 Å². The van der Waals surface area contributed by atoms with Crippen LogP contribution >= 0.6 is 0 Å². The molecular weight excluding hydrogens is 250 g/mol. The maximum atomic E-state index is 5.75. The van der Waals surface area contributed by atoms with Crippen molar-refractivity contribution in [1.82, 2.24) is 15.2 Å². The Balaban J connectivity index is 2.20. The minimum absolute atomic E-state index is 0.238. The molecule has 0 aliphatic carbocycles. The second-order valence-corrected chi connectivity index (χ2v) is 6.09. The second-order valence-electron chi connectivity index (χ2n) is 6.09. The lowest BCUT2D eigenvalue weighted by molar-refractivity contribution is 0.0309. The van der Waals surface area contributed by atoms with E-state index < -0.39 is 0 Å². The number of oxazole rings is 1. The number of hydrogen-bond donors (Lipinski definition) is 1. The summed E-state index contributed by atoms with van der Waals surface area (Å²) < 4.78 is 5.75. The van der Waals surface area contributed by atoms with Crippen molar-refractivity contribution in [2.45, 2.75) is 71.5 Å². The van der Waals surface area contributed by atoms with Crippen molar-refractivity contribution in [1.29, 1.82) is 0 Å². The summed E-state index contributed by atoms with van der Waals surface area (Å²) >= 11 is 0. The van der Waals surface area contributed by atoms with Gasteiger partial charge < -0.3 is 9.73 Å². The number of rotatable bonds is 5. The molecule has 4 nitrogen and oxygen atoms in total. The van der Waals surface area contributed by atoms with Gasteiger partial charge >= 0.3 is 0 Å². The van der Waals surface area contributed by atoms with Crippen LogP contribution in [0.4, 0.5) is 0 Å². The Morgan fingerprint density at radius 3 is 2.65 bits per heavy atom. The SMILES string of the molecule is CCC1CNC(CC)(CC)CN1C(C)c1ncc(C)o1. The molecule has 1 saturated heterocycles. The zero-order valence-corrected chi connectivity index (χ0v) is 13.6. The largest absolute Gasteiger partial charge is 0.444 e. The van der Waals surface area contributed by atoms with Crippen LogP contribution < -0.4 is 5.32 Å². The first-order valence-corrected chi connectivity index (χ1v) is 7.98. The van der Waals surface area contributed by atoms with Gasteiger partial charge in [0.25, 0.3) is 0 Å². The fraction of sp³-hybridized carbons (Fsp3) is 0.812. The summed E-state index contributed by atoms with van der Waals surface area (Å²) in [4.78, 5) is 7.01. The molecule has 0 radical (unpaired) electrons. The molecule has 0 aromatic carbocycles. The van der Waals surface area contributed by atoms with E-state index >= 15 is 0 Å². The standard InChI is InChI=1S/C16H29N3O/c1-6-14-10-18-16(7-2,8-3)11-19(14)13(5)15-17-9-12(4)20-15/h9,13-14,18H,6-8,10-11H2,1-5H3. The lowest BCUT2D eigenvalue weighted by Gasteiger charge is -2.49. The van der Waals surface area contributed by atoms with Crippen molar-refractivity contribution in [3.63, 3.8) is 0 Å². The molecule has 0 spiro atoms. The topological polar surface area (TPSA) is 41.3 Å². The molecule has 20 heavy (non-hydrogen) atoms. The van der Waals surface area contributed by atoms with Crippen LogP contribution in [0.15, 0.2) is 10.6 Å². The first kappa shape index (κ1) is 15.5. The average Bonchev–Trinajstić information content (AvgIpc) is 2.92. The maximum absolute atomic E-state index is 5.75. The smallest absolute Gasteiger partial charge is 0.211 e. The van der Waals surface area contributed by atoms with Crippen molar-refractivity contribution < 1.29 is 4.42 Å². The number of aromatic nitrogens is 1. The molecule has 4 heteroatoms. The van der Waals surface area contributed by atoms with Crippen molar-refractivity contribution in [3.05, 3.63) is 17.8 Å². The van der Waals surface area contributed by atoms with Crippen LogP contribution in [0.5, 0.6) is 0 Å². The Morgan fingerprint density at radius 1 is 1.45 bits per heavy atom. The van der Waals surface area contributed by atoms with Crippen molar-refractivity contribution in [3.8, 4) is 0 Å². The normalized spacial score (nSPS) is 24.8. The van der Waals surface area contributed by atoms with Gasteiger partial charge in [0.05, 0.1) is 12.2 Å². The molecule has 2 heterocycles. The molecule has 1 fully saturated rings. The third-order valence-corrected chi connectivity index (χ3v) is 4.99. The number of piperazine rings is 1. The average molecular weight is 279 g/mol. The molecular formula is C16H29N3O. The molecule has 2 unspecified atom stereocenters. The van der Waals surface area contributed by atoms with E-state index in [-0.39, 0.29) is 11.6 Å². The van der Waals surface area contributed by atoms with Crippen LogP contribution in [0.3, 0.4) is 0 Å². The van der Waals surface area contributed by atoms with Gasteiger partial charge in [-0.15, -0.1) is 0 Å². The van der Waals surface area contributed by atoms with E-state index in [2.05, 4.69) is 42.9 Å². The Morgan fingerprint density at radius 2 is 2.15 bits per heavy atom. The fourth-order valence-corrected chi connectivity index (χ4v) is 3.25. The summed E-state index contributed by atoms with van der Waals surface area (Å²) in [6, 6.07) is 0.802. The Bertz CT molecular complexity index is 425. The van der Waals surface area contributed by atoms with Crippen LogP contribution in [-0.4, -0.2) is 34.6 Å². The minimum Gasteiger partial charge on any atom is -0.444 e. The van der Waals surface area contributed by atoms with Crippen LogP contribution in [0.25, 0.3) is 0 Å². The highest BCUT2D eigenvalue weighted by atomic mass is 16.4. The van der Waals surface area contributed by atoms with E-state index in [0.717, 1.165) is 44.0 Å². The lowest BCUT2D eigenvalue weighted by Crippen LogP contribution is -2.63. The van der Waals surface area contributed by atoms with Gasteiger partial charge in [-0.1, -0.05) is 20.8 Å². The van der Waals surface area contributed by atoms with Gasteiger partial charge in [0, 0.05) is 24.7 Å². The molecule has 1 aliphatic heterocycles. The summed E-state index contributed by atoms with van der Waals surface area (Å²) in [6.07, 6.45) is 5.30. The molecule has 0 amide bonds. The lowest BCUT2D eigenvalue weighted by atomic mass is 9.87. The van der Waals surface area contributed by atoms with Gasteiger partial charge in [0.15, 0.2) is 0 Å². The first-order chi connectivity index (χ1) is 9.55. The zero-order chi connectivity index (χ0) is 14.8. The van der Waals surface area contributed by atoms with E-state index in [1.807, 2.05) is 13.1 Å². The number of nitrogens with one attached hydrogen (secondary N) is 1. The van der Waals surface area contributed by atoms with Gasteiger partial charge in [-0.25, -0.2) is 4.98 Å². The van der Waals surface area contributed by atoms with Crippen molar-refractivity contribution >= 4 is 0 Å². The van der Waals surface area contributed by atoms with Crippen LogP contribution in [0, 0.1) is 6.92 Å². The predicted molar refractivity (Wildman–Crippen MR) is 81.8 cm³/mol. The first-order valence-electron chi connectivity index (χ1n) is 7.98. The summed E-state index contributed by atoms with van der Waals surface area (Å²) in [6.45, 7) is 13.1. The third-order valence-electron chi connectivity index (χ3n) is 4.99. The van der Waals surface area contributed by atoms with E-state index in [4.69, 9.17) is 4.42 Å². The molecule has 114 valence electrons. The highest BCUT2D eigenvalue weighted by Crippen LogP contribution is 2.31. The Kier molecular flexibility index (Phi) is 4.86. The maximum Gasteiger partial charge on any atom is 0.211 e. The van der Waals surface area contributed by atoms with Gasteiger partial charge in [-0.2, -0.15) is 0 Å². The van der Waals surface area contributed by atoms with Crippen LogP contribution in [0.1, 0.15) is 64.7 Å². The summed E-state index contributed by atoms with van der Waals surface area (Å²) in [5, 5.41) is 3.78. The minimum atomic E-state index is 0.238. The number of nitrogens with zero attached hydrogens (tertiary/aromatic N) is 2. The molecule has 0 bridgehead atoms. The molecule has 0 saturated carbocycles. The van der Waals surface area contributed by atoms with E-state index in [9.17, 15) is 0 Å².